The molecule has 0 aromatic heterocycles. The van der Waals surface area contributed by atoms with Crippen molar-refractivity contribution < 1.29 is 36.1 Å². The molecule has 0 aliphatic heterocycles. The number of carbonyl (C=O) groups excluding carboxylic acids is 1. The van der Waals surface area contributed by atoms with Crippen molar-refractivity contribution in [1.29, 1.82) is 0 Å². The number of alkyl halides is 3. The quantitative estimate of drug-likeness (QED) is 0.261. The Balaban J connectivity index is 2.49. The highest BCUT2D eigenvalue weighted by Gasteiger charge is 2.31. The van der Waals surface area contributed by atoms with Gasteiger partial charge in [-0.15, -0.1) is 22.4 Å². The van der Waals surface area contributed by atoms with Crippen molar-refractivity contribution in [2.45, 2.75) is 12.8 Å². The lowest BCUT2D eigenvalue weighted by atomic mass is 10.1. The van der Waals surface area contributed by atoms with E-state index in [9.17, 15) is 18.0 Å². The third-order valence-electron chi connectivity index (χ3n) is 1.85. The first kappa shape index (κ1) is 16.9. The smallest absolute Gasteiger partial charge is 0.469 e. The Labute approximate surface area is 121 Å². The summed E-state index contributed by atoms with van der Waals surface area (Å²) in [5.74, 6) is -0.401. The average molecular weight is 333 g/mol. The predicted octanol–water partition coefficient (Wildman–Crippen LogP) is 3.47. The van der Waals surface area contributed by atoms with E-state index in [4.69, 9.17) is 15.8 Å². The van der Waals surface area contributed by atoms with Crippen molar-refractivity contribution in [3.05, 3.63) is 28.8 Å². The zero-order chi connectivity index (χ0) is 15.2. The molecule has 10 heteroatoms. The summed E-state index contributed by atoms with van der Waals surface area (Å²) in [7, 11) is 1.25. The number of carbonyl (C=O) groups is 1. The molecule has 1 aromatic rings. The number of benzene rings is 1. The summed E-state index contributed by atoms with van der Waals surface area (Å²) in [4.78, 5) is 14.1. The number of halogens is 4. The van der Waals surface area contributed by atoms with E-state index in [0.717, 1.165) is 0 Å². The monoisotopic (exact) mass is 332 g/mol. The van der Waals surface area contributed by atoms with Crippen LogP contribution < -0.4 is 4.18 Å². The molecule has 5 nitrogen and oxygen atoms in total. The number of rotatable bonds is 6. The molecule has 0 amide bonds. The van der Waals surface area contributed by atoms with E-state index in [1.165, 1.54) is 25.3 Å². The number of esters is 1. The molecule has 0 N–H and O–H groups in total. The largest absolute Gasteiger partial charge is 0.550 e. The maximum absolute atomic E-state index is 11.6. The van der Waals surface area contributed by atoms with Crippen LogP contribution in [0, 0.1) is 0 Å². The number of ether oxygens (including phenoxy) is 1. The minimum atomic E-state index is -4.93. The van der Waals surface area contributed by atoms with Gasteiger partial charge in [0.1, 0.15) is 0 Å². The Bertz CT molecular complexity index is 469. The summed E-state index contributed by atoms with van der Waals surface area (Å²) >= 11 is 5.77. The van der Waals surface area contributed by atoms with Gasteiger partial charge in [0.05, 0.1) is 18.6 Å². The molecular weight excluding hydrogens is 325 g/mol. The maximum atomic E-state index is 11.6. The Hall–Kier alpha value is -1.16. The molecular formula is C10H8ClF3O5S. The van der Waals surface area contributed by atoms with Crippen molar-refractivity contribution >= 4 is 29.9 Å². The molecule has 1 aromatic carbocycles. The summed E-state index contributed by atoms with van der Waals surface area (Å²) in [6.07, 6.45) is -4.91. The first-order valence-corrected chi connectivity index (χ1v) is 5.97. The summed E-state index contributed by atoms with van der Waals surface area (Å²) in [5, 5.41) is 0.0921. The van der Waals surface area contributed by atoms with E-state index >= 15 is 0 Å². The lowest BCUT2D eigenvalue weighted by Gasteiger charge is -2.07. The van der Waals surface area contributed by atoms with E-state index in [0.29, 0.717) is 5.56 Å². The van der Waals surface area contributed by atoms with Gasteiger partial charge in [-0.1, -0.05) is 17.7 Å². The van der Waals surface area contributed by atoms with Crippen molar-refractivity contribution in [3.63, 3.8) is 0 Å². The van der Waals surface area contributed by atoms with Crippen molar-refractivity contribution in [2.24, 2.45) is 0 Å². The van der Waals surface area contributed by atoms with Gasteiger partial charge in [0.25, 0.3) is 12.3 Å². The van der Waals surface area contributed by atoms with Gasteiger partial charge in [-0.2, -0.15) is 0 Å². The van der Waals surface area contributed by atoms with Crippen LogP contribution in [0.2, 0.25) is 5.02 Å². The second-order valence-electron chi connectivity index (χ2n) is 3.27. The van der Waals surface area contributed by atoms with Crippen LogP contribution in [0.25, 0.3) is 0 Å². The van der Waals surface area contributed by atoms with Gasteiger partial charge in [0.2, 0.25) is 0 Å². The fourth-order valence-electron chi connectivity index (χ4n) is 1.06. The number of hydrogen-bond acceptors (Lipinski definition) is 6. The summed E-state index contributed by atoms with van der Waals surface area (Å²) in [5.41, 5.74) is 0.562. The minimum absolute atomic E-state index is 0.0112. The van der Waals surface area contributed by atoms with Crippen molar-refractivity contribution in [1.82, 2.24) is 0 Å². The molecule has 0 saturated heterocycles. The Kier molecular flexibility index (Phi) is 6.40. The zero-order valence-electron chi connectivity index (χ0n) is 9.90. The molecule has 20 heavy (non-hydrogen) atoms. The standard InChI is InChI=1S/C10H8ClF3O5S/c1-16-9(15)5-6-2-3-8(7(11)4-6)17-20-19-18-10(12,13)14/h2-4H,5H2,1H3. The second kappa shape index (κ2) is 7.58. The van der Waals surface area contributed by atoms with Crippen LogP contribution in [-0.2, 0) is 25.2 Å². The van der Waals surface area contributed by atoms with Gasteiger partial charge in [0.15, 0.2) is 5.75 Å². The van der Waals surface area contributed by atoms with Crippen molar-refractivity contribution in [2.75, 3.05) is 7.11 Å². The molecule has 0 spiro atoms. The van der Waals surface area contributed by atoms with E-state index in [2.05, 4.69) is 14.0 Å². The van der Waals surface area contributed by atoms with Crippen LogP contribution in [0.4, 0.5) is 13.2 Å². The molecule has 0 heterocycles. The third kappa shape index (κ3) is 6.33. The van der Waals surface area contributed by atoms with Crippen LogP contribution in [0.15, 0.2) is 18.2 Å². The van der Waals surface area contributed by atoms with E-state index < -0.39 is 12.3 Å². The van der Waals surface area contributed by atoms with Gasteiger partial charge in [-0.25, -0.2) is 0 Å². The van der Waals surface area contributed by atoms with Gasteiger partial charge in [-0.3, -0.25) is 4.79 Å². The first-order valence-electron chi connectivity index (χ1n) is 4.93. The fraction of sp³-hybridized carbons (Fsp3) is 0.300. The summed E-state index contributed by atoms with van der Waals surface area (Å²) in [6.45, 7) is 0. The minimum Gasteiger partial charge on any atom is -0.469 e. The molecule has 0 unspecified atom stereocenters. The van der Waals surface area contributed by atoms with E-state index in [1.807, 2.05) is 0 Å². The van der Waals surface area contributed by atoms with E-state index in [1.54, 1.807) is 0 Å². The van der Waals surface area contributed by atoms with E-state index in [-0.39, 0.29) is 29.5 Å². The molecule has 0 aliphatic carbocycles. The molecule has 0 aliphatic rings. The maximum Gasteiger partial charge on any atom is 0.550 e. The lowest BCUT2D eigenvalue weighted by molar-refractivity contribution is -0.441. The first-order chi connectivity index (χ1) is 9.31. The highest BCUT2D eigenvalue weighted by Crippen LogP contribution is 2.29. The van der Waals surface area contributed by atoms with Gasteiger partial charge in [-0.05, 0) is 17.7 Å². The third-order valence-corrected chi connectivity index (χ3v) is 2.52. The summed E-state index contributed by atoms with van der Waals surface area (Å²) < 4.78 is 47.7. The van der Waals surface area contributed by atoms with Crippen LogP contribution in [-0.4, -0.2) is 19.4 Å². The highest BCUT2D eigenvalue weighted by atomic mass is 35.5. The topological polar surface area (TPSA) is 54.0 Å². The lowest BCUT2D eigenvalue weighted by Crippen LogP contribution is -2.11. The number of hydrogen-bond donors (Lipinski definition) is 0. The van der Waals surface area contributed by atoms with Crippen LogP contribution in [0.3, 0.4) is 0 Å². The Morgan fingerprint density at radius 1 is 1.40 bits per heavy atom. The van der Waals surface area contributed by atoms with Crippen LogP contribution >= 0.6 is 23.9 Å². The van der Waals surface area contributed by atoms with Crippen LogP contribution in [0.5, 0.6) is 5.75 Å². The molecule has 112 valence electrons. The predicted molar refractivity (Wildman–Crippen MR) is 63.6 cm³/mol. The molecule has 0 bridgehead atoms. The SMILES string of the molecule is COC(=O)Cc1ccc(OSOOC(F)(F)F)c(Cl)c1. The van der Waals surface area contributed by atoms with Gasteiger partial charge < -0.3 is 8.92 Å². The normalized spacial score (nSPS) is 11.2. The molecule has 0 saturated carbocycles. The van der Waals surface area contributed by atoms with Gasteiger partial charge in [0, 0.05) is 0 Å². The average Bonchev–Trinajstić information content (AvgIpc) is 2.35. The molecule has 0 fully saturated rings. The number of methoxy groups -OCH3 is 1. The second-order valence-corrected chi connectivity index (χ2v) is 4.11. The highest BCUT2D eigenvalue weighted by molar-refractivity contribution is 7.90. The Morgan fingerprint density at radius 3 is 2.65 bits per heavy atom. The van der Waals surface area contributed by atoms with Crippen LogP contribution in [0.1, 0.15) is 5.56 Å². The van der Waals surface area contributed by atoms with Gasteiger partial charge >= 0.3 is 12.3 Å². The van der Waals surface area contributed by atoms with Crippen molar-refractivity contribution in [3.8, 4) is 5.75 Å². The fourth-order valence-corrected chi connectivity index (χ4v) is 1.70. The molecule has 0 atom stereocenters. The Morgan fingerprint density at radius 2 is 2.10 bits per heavy atom. The summed E-state index contributed by atoms with van der Waals surface area (Å²) in [6, 6.07) is 4.28. The molecule has 1 rings (SSSR count). The zero-order valence-corrected chi connectivity index (χ0v) is 11.5. The molecule has 0 radical (unpaired) electrons.